The van der Waals surface area contributed by atoms with E-state index in [1.165, 1.54) is 12.1 Å². The van der Waals surface area contributed by atoms with E-state index >= 15 is 0 Å². The normalized spacial score (nSPS) is 28.8. The van der Waals surface area contributed by atoms with Crippen LogP contribution < -0.4 is 5.73 Å². The summed E-state index contributed by atoms with van der Waals surface area (Å²) in [4.78, 5) is 14.0. The Morgan fingerprint density at radius 3 is 2.43 bits per heavy atom. The van der Waals surface area contributed by atoms with Gasteiger partial charge in [-0.15, -0.1) is 0 Å². The third-order valence-corrected chi connectivity index (χ3v) is 4.31. The molecule has 1 aromatic rings. The van der Waals surface area contributed by atoms with Gasteiger partial charge < -0.3 is 10.6 Å². The van der Waals surface area contributed by atoms with Crippen molar-refractivity contribution < 1.29 is 18.0 Å². The number of carbonyl (C=O) groups is 1. The van der Waals surface area contributed by atoms with E-state index in [4.69, 9.17) is 5.73 Å². The maximum atomic E-state index is 12.5. The molecule has 3 nitrogen and oxygen atoms in total. The predicted molar refractivity (Wildman–Crippen MR) is 71.5 cm³/mol. The second-order valence-electron chi connectivity index (χ2n) is 5.90. The molecule has 1 aliphatic heterocycles. The van der Waals surface area contributed by atoms with Crippen LogP contribution in [0.3, 0.4) is 0 Å². The molecule has 0 aromatic heterocycles. The molecule has 2 fully saturated rings. The van der Waals surface area contributed by atoms with E-state index in [0.717, 1.165) is 30.5 Å². The lowest BCUT2D eigenvalue weighted by molar-refractivity contribution is -0.137. The first-order valence-corrected chi connectivity index (χ1v) is 7.08. The zero-order chi connectivity index (χ0) is 15.2. The molecule has 21 heavy (non-hydrogen) atoms. The van der Waals surface area contributed by atoms with Gasteiger partial charge in [0.2, 0.25) is 5.91 Å². The average Bonchev–Trinajstić information content (AvgIpc) is 3.12. The van der Waals surface area contributed by atoms with Crippen molar-refractivity contribution in [3.05, 3.63) is 35.4 Å². The molecule has 114 valence electrons. The van der Waals surface area contributed by atoms with E-state index < -0.39 is 11.7 Å². The van der Waals surface area contributed by atoms with Gasteiger partial charge in [0.25, 0.3) is 0 Å². The van der Waals surface area contributed by atoms with Crippen molar-refractivity contribution in [2.75, 3.05) is 13.1 Å². The van der Waals surface area contributed by atoms with Crippen molar-refractivity contribution >= 4 is 5.91 Å². The van der Waals surface area contributed by atoms with Crippen molar-refractivity contribution in [3.63, 3.8) is 0 Å². The third-order valence-electron chi connectivity index (χ3n) is 4.31. The summed E-state index contributed by atoms with van der Waals surface area (Å²) in [5.74, 6) is 0.0523. The third kappa shape index (κ3) is 2.90. The van der Waals surface area contributed by atoms with Crippen LogP contribution in [0.5, 0.6) is 0 Å². The Kier molecular flexibility index (Phi) is 3.43. The lowest BCUT2D eigenvalue weighted by Crippen LogP contribution is -2.33. The second-order valence-corrected chi connectivity index (χ2v) is 5.90. The number of benzene rings is 1. The minimum Gasteiger partial charge on any atom is -0.341 e. The van der Waals surface area contributed by atoms with E-state index in [2.05, 4.69) is 0 Å². The highest BCUT2D eigenvalue weighted by atomic mass is 19.4. The molecular formula is C15H17F3N2O. The Morgan fingerprint density at radius 2 is 1.90 bits per heavy atom. The lowest BCUT2D eigenvalue weighted by atomic mass is 10.1. The van der Waals surface area contributed by atoms with Gasteiger partial charge in [-0.05, 0) is 36.5 Å². The molecule has 2 N–H and O–H groups in total. The van der Waals surface area contributed by atoms with Crippen LogP contribution in [0, 0.1) is 5.92 Å². The molecule has 0 radical (unpaired) electrons. The van der Waals surface area contributed by atoms with E-state index in [0.29, 0.717) is 13.1 Å². The Morgan fingerprint density at radius 1 is 1.24 bits per heavy atom. The van der Waals surface area contributed by atoms with Gasteiger partial charge in [-0.2, -0.15) is 13.2 Å². The molecule has 1 saturated carbocycles. The van der Waals surface area contributed by atoms with Gasteiger partial charge in [0.1, 0.15) is 0 Å². The molecule has 1 saturated heterocycles. The first-order valence-electron chi connectivity index (χ1n) is 7.08. The Labute approximate surface area is 120 Å². The molecule has 1 heterocycles. The van der Waals surface area contributed by atoms with Gasteiger partial charge in [-0.25, -0.2) is 0 Å². The highest BCUT2D eigenvalue weighted by Gasteiger charge is 2.46. The van der Waals surface area contributed by atoms with Crippen LogP contribution in [-0.4, -0.2) is 29.9 Å². The molecule has 6 heteroatoms. The number of amides is 1. The van der Waals surface area contributed by atoms with Crippen molar-refractivity contribution in [3.8, 4) is 0 Å². The molecule has 3 atom stereocenters. The zero-order valence-corrected chi connectivity index (χ0v) is 11.4. The Hall–Kier alpha value is -1.56. The smallest absolute Gasteiger partial charge is 0.341 e. The summed E-state index contributed by atoms with van der Waals surface area (Å²) in [6, 6.07) is 5.19. The van der Waals surface area contributed by atoms with Crippen LogP contribution in [0.1, 0.15) is 29.9 Å². The number of carbonyl (C=O) groups excluding carboxylic acids is 1. The highest BCUT2D eigenvalue weighted by molar-refractivity contribution is 5.83. The predicted octanol–water partition coefficient (Wildman–Crippen LogP) is 2.37. The quantitative estimate of drug-likeness (QED) is 0.911. The first kappa shape index (κ1) is 14.4. The van der Waals surface area contributed by atoms with Crippen LogP contribution in [-0.2, 0) is 11.0 Å². The number of likely N-dealkylation sites (tertiary alicyclic amines) is 1. The molecule has 2 aliphatic rings. The number of rotatable bonds is 2. The lowest BCUT2D eigenvalue weighted by Gasteiger charge is -2.15. The summed E-state index contributed by atoms with van der Waals surface area (Å²) >= 11 is 0. The van der Waals surface area contributed by atoms with Gasteiger partial charge in [0, 0.05) is 25.0 Å². The fourth-order valence-corrected chi connectivity index (χ4v) is 2.98. The van der Waals surface area contributed by atoms with Crippen LogP contribution in [0.2, 0.25) is 0 Å². The number of alkyl halides is 3. The highest BCUT2D eigenvalue weighted by Crippen LogP contribution is 2.49. The van der Waals surface area contributed by atoms with Gasteiger partial charge >= 0.3 is 6.18 Å². The van der Waals surface area contributed by atoms with E-state index in [1.54, 1.807) is 4.90 Å². The second kappa shape index (κ2) is 5.02. The van der Waals surface area contributed by atoms with E-state index in [-0.39, 0.29) is 23.8 Å². The summed E-state index contributed by atoms with van der Waals surface area (Å²) in [5, 5.41) is 0. The summed E-state index contributed by atoms with van der Waals surface area (Å²) in [5.41, 5.74) is 5.94. The minimum absolute atomic E-state index is 0.0524. The molecular weight excluding hydrogens is 281 g/mol. The van der Waals surface area contributed by atoms with Gasteiger partial charge in [0.05, 0.1) is 5.56 Å². The maximum absolute atomic E-state index is 12.5. The van der Waals surface area contributed by atoms with Gasteiger partial charge in [0.15, 0.2) is 0 Å². The van der Waals surface area contributed by atoms with Crippen LogP contribution in [0.4, 0.5) is 13.2 Å². The first-order chi connectivity index (χ1) is 9.86. The van der Waals surface area contributed by atoms with Crippen molar-refractivity contribution in [1.29, 1.82) is 0 Å². The number of hydrogen-bond donors (Lipinski definition) is 1. The average molecular weight is 298 g/mol. The fourth-order valence-electron chi connectivity index (χ4n) is 2.98. The van der Waals surface area contributed by atoms with E-state index in [9.17, 15) is 18.0 Å². The fraction of sp³-hybridized carbons (Fsp3) is 0.533. The van der Waals surface area contributed by atoms with Gasteiger partial charge in [-0.1, -0.05) is 12.1 Å². The van der Waals surface area contributed by atoms with Crippen molar-refractivity contribution in [2.45, 2.75) is 31.0 Å². The zero-order valence-electron chi connectivity index (χ0n) is 11.4. The SMILES string of the molecule is N[C@H]1CCN(C(=O)[C@H]2C[C@H]2c2ccc(C(F)(F)F)cc2)C1. The molecule has 1 aliphatic carbocycles. The molecule has 1 aromatic carbocycles. The summed E-state index contributed by atoms with van der Waals surface area (Å²) in [6.07, 6.45) is -2.78. The van der Waals surface area contributed by atoms with Gasteiger partial charge in [-0.3, -0.25) is 4.79 Å². The molecule has 3 rings (SSSR count). The van der Waals surface area contributed by atoms with Crippen molar-refractivity contribution in [2.24, 2.45) is 11.7 Å². The number of hydrogen-bond acceptors (Lipinski definition) is 2. The van der Waals surface area contributed by atoms with E-state index in [1.807, 2.05) is 0 Å². The molecule has 1 amide bonds. The Balaban J connectivity index is 1.64. The van der Waals surface area contributed by atoms with Crippen molar-refractivity contribution in [1.82, 2.24) is 4.90 Å². The Bertz CT molecular complexity index is 541. The topological polar surface area (TPSA) is 46.3 Å². The number of nitrogens with two attached hydrogens (primary N) is 1. The minimum atomic E-state index is -4.32. The largest absolute Gasteiger partial charge is 0.416 e. The summed E-state index contributed by atoms with van der Waals surface area (Å²) in [6.45, 7) is 1.28. The standard InChI is InChI=1S/C15H17F3N2O/c16-15(17,18)10-3-1-9(2-4-10)12-7-13(12)14(21)20-6-5-11(19)8-20/h1-4,11-13H,5-8,19H2/t11-,12-,13-/m0/s1. The van der Waals surface area contributed by atoms with Crippen LogP contribution in [0.15, 0.2) is 24.3 Å². The monoisotopic (exact) mass is 298 g/mol. The maximum Gasteiger partial charge on any atom is 0.416 e. The van der Waals surface area contributed by atoms with Crippen LogP contribution >= 0.6 is 0 Å². The summed E-state index contributed by atoms with van der Waals surface area (Å²) in [7, 11) is 0. The molecule has 0 bridgehead atoms. The number of halogens is 3. The molecule has 0 unspecified atom stereocenters. The van der Waals surface area contributed by atoms with Crippen LogP contribution in [0.25, 0.3) is 0 Å². The molecule has 0 spiro atoms. The number of nitrogens with zero attached hydrogens (tertiary/aromatic N) is 1. The summed E-state index contributed by atoms with van der Waals surface area (Å²) < 4.78 is 37.5.